The maximum Gasteiger partial charge on any atom is 0.140 e. The van der Waals surface area contributed by atoms with Crippen LogP contribution in [0.5, 0.6) is 5.75 Å². The highest BCUT2D eigenvalue weighted by Crippen LogP contribution is 2.20. The molecule has 100 valence electrons. The molecule has 2 aromatic rings. The summed E-state index contributed by atoms with van der Waals surface area (Å²) in [7, 11) is 0. The summed E-state index contributed by atoms with van der Waals surface area (Å²) in [5.41, 5.74) is 7.50. The van der Waals surface area contributed by atoms with Crippen LogP contribution in [0.25, 0.3) is 0 Å². The summed E-state index contributed by atoms with van der Waals surface area (Å²) < 4.78 is 6.54. The Hall–Kier alpha value is -1.75. The Kier molecular flexibility index (Phi) is 4.63. The van der Waals surface area contributed by atoms with Crippen molar-refractivity contribution >= 4 is 27.4 Å². The maximum atomic E-state index is 5.68. The van der Waals surface area contributed by atoms with E-state index in [1.54, 1.807) is 6.07 Å². The number of anilines is 2. The third-order valence-electron chi connectivity index (χ3n) is 2.50. The number of nitrogens with one attached hydrogen (secondary N) is 1. The summed E-state index contributed by atoms with van der Waals surface area (Å²) in [6, 6.07) is 9.42. The molecule has 0 aliphatic carbocycles. The number of benzene rings is 1. The second kappa shape index (κ2) is 6.43. The fourth-order valence-electron chi connectivity index (χ4n) is 1.61. The number of nitrogen functional groups attached to an aromatic ring is 1. The van der Waals surface area contributed by atoms with Crippen molar-refractivity contribution in [2.45, 2.75) is 6.92 Å². The lowest BCUT2D eigenvalue weighted by Crippen LogP contribution is -2.12. The largest absolute Gasteiger partial charge is 0.492 e. The Bertz CT molecular complexity index is 560. The zero-order valence-electron chi connectivity index (χ0n) is 10.7. The highest BCUT2D eigenvalue weighted by Gasteiger charge is 2.01. The Balaban J connectivity index is 1.81. The van der Waals surface area contributed by atoms with Gasteiger partial charge < -0.3 is 15.8 Å². The molecule has 0 amide bonds. The molecule has 0 unspecified atom stereocenters. The van der Waals surface area contributed by atoms with Crippen molar-refractivity contribution < 1.29 is 4.74 Å². The molecule has 0 aliphatic rings. The minimum absolute atomic E-state index is 0.547. The quantitative estimate of drug-likeness (QED) is 0.655. The van der Waals surface area contributed by atoms with Crippen LogP contribution < -0.4 is 15.8 Å². The SMILES string of the molecule is Cc1cnc(NCCOc2cccc(N)c2)c(Br)c1. The summed E-state index contributed by atoms with van der Waals surface area (Å²) >= 11 is 3.47. The molecule has 0 radical (unpaired) electrons. The fourth-order valence-corrected chi connectivity index (χ4v) is 2.21. The van der Waals surface area contributed by atoms with Gasteiger partial charge in [-0.15, -0.1) is 0 Å². The summed E-state index contributed by atoms with van der Waals surface area (Å²) in [5.74, 6) is 1.60. The van der Waals surface area contributed by atoms with E-state index in [-0.39, 0.29) is 0 Å². The lowest BCUT2D eigenvalue weighted by Gasteiger charge is -2.10. The molecule has 5 heteroatoms. The number of hydrogen-bond donors (Lipinski definition) is 2. The molecule has 3 N–H and O–H groups in total. The standard InChI is InChI=1S/C14H16BrN3O/c1-10-7-13(15)14(18-9-10)17-5-6-19-12-4-2-3-11(16)8-12/h2-4,7-9H,5-6,16H2,1H3,(H,17,18). The van der Waals surface area contributed by atoms with Crippen LogP contribution in [0.2, 0.25) is 0 Å². The van der Waals surface area contributed by atoms with E-state index in [9.17, 15) is 0 Å². The van der Waals surface area contributed by atoms with Gasteiger partial charge in [-0.25, -0.2) is 4.98 Å². The van der Waals surface area contributed by atoms with Gasteiger partial charge in [-0.2, -0.15) is 0 Å². The van der Waals surface area contributed by atoms with Gasteiger partial charge in [-0.05, 0) is 46.6 Å². The third-order valence-corrected chi connectivity index (χ3v) is 3.10. The van der Waals surface area contributed by atoms with Crippen LogP contribution in [-0.2, 0) is 0 Å². The average Bonchev–Trinajstić information content (AvgIpc) is 2.37. The molecule has 0 saturated carbocycles. The Morgan fingerprint density at radius 3 is 2.95 bits per heavy atom. The van der Waals surface area contributed by atoms with Crippen molar-refractivity contribution in [3.05, 3.63) is 46.6 Å². The number of aromatic nitrogens is 1. The number of ether oxygens (including phenoxy) is 1. The summed E-state index contributed by atoms with van der Waals surface area (Å²) in [4.78, 5) is 4.30. The van der Waals surface area contributed by atoms with Crippen LogP contribution in [-0.4, -0.2) is 18.1 Å². The zero-order chi connectivity index (χ0) is 13.7. The molecule has 0 saturated heterocycles. The molecule has 0 aliphatic heterocycles. The van der Waals surface area contributed by atoms with Crippen molar-refractivity contribution in [2.75, 3.05) is 24.2 Å². The second-order valence-corrected chi connectivity index (χ2v) is 5.05. The van der Waals surface area contributed by atoms with Crippen LogP contribution in [0.4, 0.5) is 11.5 Å². The van der Waals surface area contributed by atoms with Gasteiger partial charge in [0.15, 0.2) is 0 Å². The van der Waals surface area contributed by atoms with Crippen LogP contribution in [0.15, 0.2) is 41.0 Å². The molecular weight excluding hydrogens is 306 g/mol. The Morgan fingerprint density at radius 2 is 2.21 bits per heavy atom. The van der Waals surface area contributed by atoms with E-state index in [4.69, 9.17) is 10.5 Å². The van der Waals surface area contributed by atoms with Crippen molar-refractivity contribution in [2.24, 2.45) is 0 Å². The molecule has 0 bridgehead atoms. The lowest BCUT2D eigenvalue weighted by molar-refractivity contribution is 0.333. The predicted molar refractivity (Wildman–Crippen MR) is 81.5 cm³/mol. The van der Waals surface area contributed by atoms with Crippen molar-refractivity contribution in [3.8, 4) is 5.75 Å². The molecular formula is C14H16BrN3O. The summed E-state index contributed by atoms with van der Waals surface area (Å²) in [6.45, 7) is 3.22. The van der Waals surface area contributed by atoms with Gasteiger partial charge in [-0.3, -0.25) is 0 Å². The predicted octanol–water partition coefficient (Wildman–Crippen LogP) is 3.23. The molecule has 4 nitrogen and oxygen atoms in total. The second-order valence-electron chi connectivity index (χ2n) is 4.19. The molecule has 0 atom stereocenters. The van der Waals surface area contributed by atoms with E-state index < -0.39 is 0 Å². The number of halogens is 1. The van der Waals surface area contributed by atoms with Crippen LogP contribution in [0.1, 0.15) is 5.56 Å². The maximum absolute atomic E-state index is 5.68. The molecule has 1 heterocycles. The fraction of sp³-hybridized carbons (Fsp3) is 0.214. The lowest BCUT2D eigenvalue weighted by atomic mass is 10.3. The Morgan fingerprint density at radius 1 is 1.37 bits per heavy atom. The number of pyridine rings is 1. The van der Waals surface area contributed by atoms with Crippen molar-refractivity contribution in [1.82, 2.24) is 4.98 Å². The monoisotopic (exact) mass is 321 g/mol. The third kappa shape index (κ3) is 4.13. The van der Waals surface area contributed by atoms with E-state index in [1.165, 1.54) is 0 Å². The van der Waals surface area contributed by atoms with Crippen LogP contribution in [0.3, 0.4) is 0 Å². The first-order valence-electron chi connectivity index (χ1n) is 5.99. The number of nitrogens with zero attached hydrogens (tertiary/aromatic N) is 1. The first-order chi connectivity index (χ1) is 9.15. The van der Waals surface area contributed by atoms with Gasteiger partial charge in [-0.1, -0.05) is 6.07 Å². The first-order valence-corrected chi connectivity index (χ1v) is 6.79. The average molecular weight is 322 g/mol. The smallest absolute Gasteiger partial charge is 0.140 e. The summed E-state index contributed by atoms with van der Waals surface area (Å²) in [6.07, 6.45) is 1.83. The molecule has 0 spiro atoms. The van der Waals surface area contributed by atoms with E-state index >= 15 is 0 Å². The van der Waals surface area contributed by atoms with E-state index in [0.717, 1.165) is 21.6 Å². The van der Waals surface area contributed by atoms with Gasteiger partial charge in [0.25, 0.3) is 0 Å². The zero-order valence-corrected chi connectivity index (χ0v) is 12.3. The van der Waals surface area contributed by atoms with Crippen LogP contribution in [0, 0.1) is 6.92 Å². The van der Waals surface area contributed by atoms with Crippen LogP contribution >= 0.6 is 15.9 Å². The van der Waals surface area contributed by atoms with E-state index in [1.807, 2.05) is 37.4 Å². The number of hydrogen-bond acceptors (Lipinski definition) is 4. The highest BCUT2D eigenvalue weighted by molar-refractivity contribution is 9.10. The molecule has 1 aromatic carbocycles. The molecule has 19 heavy (non-hydrogen) atoms. The minimum atomic E-state index is 0.547. The van der Waals surface area contributed by atoms with Crippen molar-refractivity contribution in [3.63, 3.8) is 0 Å². The normalized spacial score (nSPS) is 10.2. The number of rotatable bonds is 5. The van der Waals surface area contributed by atoms with Gasteiger partial charge >= 0.3 is 0 Å². The van der Waals surface area contributed by atoms with Gasteiger partial charge in [0.1, 0.15) is 18.2 Å². The topological polar surface area (TPSA) is 60.2 Å². The van der Waals surface area contributed by atoms with Gasteiger partial charge in [0.2, 0.25) is 0 Å². The highest BCUT2D eigenvalue weighted by atomic mass is 79.9. The van der Waals surface area contributed by atoms with Gasteiger partial charge in [0, 0.05) is 18.0 Å². The van der Waals surface area contributed by atoms with E-state index in [2.05, 4.69) is 26.2 Å². The minimum Gasteiger partial charge on any atom is -0.492 e. The first kappa shape index (κ1) is 13.7. The van der Waals surface area contributed by atoms with E-state index in [0.29, 0.717) is 18.8 Å². The molecule has 0 fully saturated rings. The summed E-state index contributed by atoms with van der Waals surface area (Å²) in [5, 5.41) is 3.21. The number of nitrogens with two attached hydrogens (primary N) is 1. The number of aryl methyl sites for hydroxylation is 1. The Labute approximate surface area is 121 Å². The van der Waals surface area contributed by atoms with Crippen molar-refractivity contribution in [1.29, 1.82) is 0 Å². The molecule has 1 aromatic heterocycles. The molecule has 2 rings (SSSR count). The van der Waals surface area contributed by atoms with Gasteiger partial charge in [0.05, 0.1) is 11.0 Å².